The normalized spacial score (nSPS) is 10.4. The average molecular weight is 253 g/mol. The van der Waals surface area contributed by atoms with Gasteiger partial charge in [0.2, 0.25) is 0 Å². The van der Waals surface area contributed by atoms with Crippen LogP contribution in [-0.4, -0.2) is 9.78 Å². The number of benzene rings is 1. The summed E-state index contributed by atoms with van der Waals surface area (Å²) in [6, 6.07) is 7.73. The summed E-state index contributed by atoms with van der Waals surface area (Å²) in [5, 5.41) is 5.14. The fourth-order valence-corrected chi connectivity index (χ4v) is 1.90. The molecular formula is C12H10Cl2N2. The molecule has 16 heavy (non-hydrogen) atoms. The molecule has 0 N–H and O–H groups in total. The Kier molecular flexibility index (Phi) is 3.03. The Morgan fingerprint density at radius 3 is 2.56 bits per heavy atom. The second kappa shape index (κ2) is 4.32. The van der Waals surface area contributed by atoms with Gasteiger partial charge in [-0.1, -0.05) is 54.1 Å². The van der Waals surface area contributed by atoms with Crippen LogP contribution in [0.3, 0.4) is 0 Å². The van der Waals surface area contributed by atoms with Gasteiger partial charge in [-0.25, -0.2) is 4.68 Å². The third-order valence-corrected chi connectivity index (χ3v) is 3.18. The molecule has 0 saturated heterocycles. The molecule has 82 valence electrons. The summed E-state index contributed by atoms with van der Waals surface area (Å²) in [5.41, 5.74) is 2.61. The lowest BCUT2D eigenvalue weighted by Gasteiger charge is -2.06. The summed E-state index contributed by atoms with van der Waals surface area (Å²) in [5.74, 6) is 0. The van der Waals surface area contributed by atoms with E-state index in [9.17, 15) is 0 Å². The van der Waals surface area contributed by atoms with Gasteiger partial charge in [-0.15, -0.1) is 0 Å². The van der Waals surface area contributed by atoms with Crippen molar-refractivity contribution in [1.29, 1.82) is 0 Å². The highest BCUT2D eigenvalue weighted by atomic mass is 35.5. The maximum Gasteiger partial charge on any atom is 0.155 e. The fourth-order valence-electron chi connectivity index (χ4n) is 1.46. The number of halogens is 2. The van der Waals surface area contributed by atoms with E-state index < -0.39 is 0 Å². The first-order valence-electron chi connectivity index (χ1n) is 4.77. The topological polar surface area (TPSA) is 17.8 Å². The van der Waals surface area contributed by atoms with E-state index in [1.807, 2.05) is 31.2 Å². The van der Waals surface area contributed by atoms with Gasteiger partial charge in [0.25, 0.3) is 0 Å². The molecule has 1 heterocycles. The van der Waals surface area contributed by atoms with Crippen LogP contribution in [0.15, 0.2) is 30.8 Å². The van der Waals surface area contributed by atoms with E-state index in [2.05, 4.69) is 11.7 Å². The van der Waals surface area contributed by atoms with Crippen LogP contribution in [0.1, 0.15) is 11.1 Å². The first-order valence-corrected chi connectivity index (χ1v) is 5.53. The third kappa shape index (κ3) is 1.75. The minimum Gasteiger partial charge on any atom is -0.220 e. The molecule has 0 fully saturated rings. The number of aromatic nitrogens is 2. The summed E-state index contributed by atoms with van der Waals surface area (Å²) in [4.78, 5) is 0. The SMILES string of the molecule is C=Cc1ccccc1-n1nc(Cl)c(C)c1Cl. The van der Waals surface area contributed by atoms with Gasteiger partial charge in [-0.2, -0.15) is 5.10 Å². The second-order valence-electron chi connectivity index (χ2n) is 3.38. The van der Waals surface area contributed by atoms with Crippen LogP contribution in [0, 0.1) is 6.92 Å². The molecule has 0 spiro atoms. The van der Waals surface area contributed by atoms with Gasteiger partial charge < -0.3 is 0 Å². The van der Waals surface area contributed by atoms with Crippen molar-refractivity contribution in [2.75, 3.05) is 0 Å². The van der Waals surface area contributed by atoms with Gasteiger partial charge in [0, 0.05) is 5.56 Å². The number of hydrogen-bond donors (Lipinski definition) is 0. The van der Waals surface area contributed by atoms with Gasteiger partial charge in [-0.3, -0.25) is 0 Å². The summed E-state index contributed by atoms with van der Waals surface area (Å²) in [6.07, 6.45) is 1.76. The molecule has 2 aromatic rings. The van der Waals surface area contributed by atoms with Crippen LogP contribution < -0.4 is 0 Å². The molecule has 2 rings (SSSR count). The van der Waals surface area contributed by atoms with Crippen molar-refractivity contribution < 1.29 is 0 Å². The Morgan fingerprint density at radius 2 is 2.00 bits per heavy atom. The van der Waals surface area contributed by atoms with Crippen molar-refractivity contribution in [3.05, 3.63) is 52.3 Å². The summed E-state index contributed by atoms with van der Waals surface area (Å²) in [7, 11) is 0. The Morgan fingerprint density at radius 1 is 1.31 bits per heavy atom. The number of hydrogen-bond acceptors (Lipinski definition) is 1. The minimum atomic E-state index is 0.420. The van der Waals surface area contributed by atoms with E-state index in [0.717, 1.165) is 16.8 Å². The summed E-state index contributed by atoms with van der Waals surface area (Å²) in [6.45, 7) is 5.60. The summed E-state index contributed by atoms with van der Waals surface area (Å²) < 4.78 is 1.62. The number of para-hydroxylation sites is 1. The molecule has 0 unspecified atom stereocenters. The maximum atomic E-state index is 6.16. The lowest BCUT2D eigenvalue weighted by atomic mass is 10.2. The number of rotatable bonds is 2. The first kappa shape index (κ1) is 11.2. The van der Waals surface area contributed by atoms with E-state index in [1.165, 1.54) is 0 Å². The van der Waals surface area contributed by atoms with Crippen LogP contribution >= 0.6 is 23.2 Å². The van der Waals surface area contributed by atoms with Crippen LogP contribution in [0.25, 0.3) is 11.8 Å². The summed E-state index contributed by atoms with van der Waals surface area (Å²) >= 11 is 12.1. The van der Waals surface area contributed by atoms with Crippen LogP contribution in [0.5, 0.6) is 0 Å². The quantitative estimate of drug-likeness (QED) is 0.786. The maximum absolute atomic E-state index is 6.16. The molecule has 1 aromatic heterocycles. The van der Waals surface area contributed by atoms with Gasteiger partial charge in [0.05, 0.1) is 5.69 Å². The number of nitrogens with zero attached hydrogens (tertiary/aromatic N) is 2. The second-order valence-corrected chi connectivity index (χ2v) is 4.10. The van der Waals surface area contributed by atoms with Gasteiger partial charge in [0.15, 0.2) is 5.15 Å². The minimum absolute atomic E-state index is 0.420. The molecule has 0 atom stereocenters. The third-order valence-electron chi connectivity index (χ3n) is 2.38. The van der Waals surface area contributed by atoms with E-state index in [-0.39, 0.29) is 0 Å². The van der Waals surface area contributed by atoms with E-state index in [1.54, 1.807) is 10.8 Å². The van der Waals surface area contributed by atoms with Crippen molar-refractivity contribution in [1.82, 2.24) is 9.78 Å². The largest absolute Gasteiger partial charge is 0.220 e. The molecule has 0 amide bonds. The van der Waals surface area contributed by atoms with Crippen LogP contribution in [0.2, 0.25) is 10.3 Å². The predicted molar refractivity (Wildman–Crippen MR) is 68.4 cm³/mol. The van der Waals surface area contributed by atoms with Gasteiger partial charge >= 0.3 is 0 Å². The highest BCUT2D eigenvalue weighted by Crippen LogP contribution is 2.27. The van der Waals surface area contributed by atoms with Gasteiger partial charge in [0.1, 0.15) is 5.15 Å². The molecule has 0 aliphatic carbocycles. The molecule has 1 aromatic carbocycles. The first-order chi connectivity index (χ1) is 7.65. The lowest BCUT2D eigenvalue weighted by molar-refractivity contribution is 0.879. The molecular weight excluding hydrogens is 243 g/mol. The van der Waals surface area contributed by atoms with Crippen molar-refractivity contribution in [3.63, 3.8) is 0 Å². The standard InChI is InChI=1S/C12H10Cl2N2/c1-3-9-6-4-5-7-10(9)16-12(14)8(2)11(13)15-16/h3-7H,1H2,2H3. The van der Waals surface area contributed by atoms with Crippen molar-refractivity contribution >= 4 is 29.3 Å². The smallest absolute Gasteiger partial charge is 0.155 e. The molecule has 0 aliphatic heterocycles. The van der Waals surface area contributed by atoms with Crippen LogP contribution in [0.4, 0.5) is 0 Å². The molecule has 0 saturated carbocycles. The zero-order chi connectivity index (χ0) is 11.7. The fraction of sp³-hybridized carbons (Fsp3) is 0.0833. The highest BCUT2D eigenvalue weighted by molar-refractivity contribution is 6.35. The molecule has 0 bridgehead atoms. The Labute approximate surface area is 104 Å². The monoisotopic (exact) mass is 252 g/mol. The molecule has 4 heteroatoms. The van der Waals surface area contributed by atoms with E-state index in [0.29, 0.717) is 10.3 Å². The van der Waals surface area contributed by atoms with E-state index >= 15 is 0 Å². The highest BCUT2D eigenvalue weighted by Gasteiger charge is 2.13. The molecule has 0 radical (unpaired) electrons. The van der Waals surface area contributed by atoms with Crippen LogP contribution in [-0.2, 0) is 0 Å². The van der Waals surface area contributed by atoms with E-state index in [4.69, 9.17) is 23.2 Å². The Balaban J connectivity index is 2.67. The Hall–Kier alpha value is -1.25. The lowest BCUT2D eigenvalue weighted by Crippen LogP contribution is -1.98. The van der Waals surface area contributed by atoms with Crippen molar-refractivity contribution in [3.8, 4) is 5.69 Å². The van der Waals surface area contributed by atoms with Crippen molar-refractivity contribution in [2.24, 2.45) is 0 Å². The zero-order valence-corrected chi connectivity index (χ0v) is 10.3. The predicted octanol–water partition coefficient (Wildman–Crippen LogP) is 4.13. The van der Waals surface area contributed by atoms with Gasteiger partial charge in [-0.05, 0) is 18.6 Å². The Bertz CT molecular complexity index is 544. The average Bonchev–Trinajstić information content (AvgIpc) is 2.57. The zero-order valence-electron chi connectivity index (χ0n) is 8.74. The molecule has 0 aliphatic rings. The van der Waals surface area contributed by atoms with Crippen molar-refractivity contribution in [2.45, 2.75) is 6.92 Å². The molecule has 2 nitrogen and oxygen atoms in total.